The van der Waals surface area contributed by atoms with Crippen molar-refractivity contribution in [3.05, 3.63) is 26.8 Å². The first-order valence-corrected chi connectivity index (χ1v) is 7.10. The van der Waals surface area contributed by atoms with Crippen molar-refractivity contribution in [3.63, 3.8) is 0 Å². The van der Waals surface area contributed by atoms with Crippen LogP contribution in [0.5, 0.6) is 0 Å². The van der Waals surface area contributed by atoms with Gasteiger partial charge < -0.3 is 0 Å². The van der Waals surface area contributed by atoms with E-state index in [0.717, 1.165) is 18.7 Å². The summed E-state index contributed by atoms with van der Waals surface area (Å²) in [7, 11) is 0. The highest BCUT2D eigenvalue weighted by Gasteiger charge is 2.10. The maximum Gasteiger partial charge on any atom is 0.267 e. The first kappa shape index (κ1) is 14.4. The van der Waals surface area contributed by atoms with Crippen LogP contribution in [0.3, 0.4) is 0 Å². The molecule has 0 radical (unpaired) electrons. The van der Waals surface area contributed by atoms with Crippen molar-refractivity contribution in [2.24, 2.45) is 5.92 Å². The third-order valence-electron chi connectivity index (χ3n) is 3.16. The number of hydrogen-bond donors (Lipinski definition) is 0. The second kappa shape index (κ2) is 6.94. The Morgan fingerprint density at radius 3 is 2.76 bits per heavy atom. The third kappa shape index (κ3) is 3.95. The highest BCUT2D eigenvalue weighted by atomic mass is 79.9. The SMILES string of the molecule is CCCCC(CC)Cn1cnc(C)c(Br)c1=O. The van der Waals surface area contributed by atoms with E-state index in [1.165, 1.54) is 19.3 Å². The van der Waals surface area contributed by atoms with Crippen molar-refractivity contribution in [2.75, 3.05) is 0 Å². The summed E-state index contributed by atoms with van der Waals surface area (Å²) >= 11 is 3.30. The Balaban J connectivity index is 2.80. The van der Waals surface area contributed by atoms with Gasteiger partial charge in [-0.3, -0.25) is 9.36 Å². The van der Waals surface area contributed by atoms with E-state index in [9.17, 15) is 4.79 Å². The van der Waals surface area contributed by atoms with E-state index in [4.69, 9.17) is 0 Å². The molecule has 0 amide bonds. The highest BCUT2D eigenvalue weighted by Crippen LogP contribution is 2.15. The van der Waals surface area contributed by atoms with Gasteiger partial charge in [-0.1, -0.05) is 33.1 Å². The van der Waals surface area contributed by atoms with Crippen molar-refractivity contribution in [1.82, 2.24) is 9.55 Å². The lowest BCUT2D eigenvalue weighted by Crippen LogP contribution is -2.25. The van der Waals surface area contributed by atoms with Crippen molar-refractivity contribution in [1.29, 1.82) is 0 Å². The van der Waals surface area contributed by atoms with Crippen molar-refractivity contribution >= 4 is 15.9 Å². The predicted molar refractivity (Wildman–Crippen MR) is 74.2 cm³/mol. The van der Waals surface area contributed by atoms with Gasteiger partial charge in [0.05, 0.1) is 12.0 Å². The van der Waals surface area contributed by atoms with Crippen molar-refractivity contribution in [3.8, 4) is 0 Å². The van der Waals surface area contributed by atoms with Crippen molar-refractivity contribution in [2.45, 2.75) is 53.0 Å². The summed E-state index contributed by atoms with van der Waals surface area (Å²) in [6, 6.07) is 0. The molecule has 3 nitrogen and oxygen atoms in total. The minimum atomic E-state index is 0.0347. The number of hydrogen-bond acceptors (Lipinski definition) is 2. The highest BCUT2D eigenvalue weighted by molar-refractivity contribution is 9.10. The molecule has 1 atom stereocenters. The number of aromatic nitrogens is 2. The minimum Gasteiger partial charge on any atom is -0.298 e. The number of nitrogens with zero attached hydrogens (tertiary/aromatic N) is 2. The average molecular weight is 301 g/mol. The molecule has 0 aliphatic carbocycles. The first-order chi connectivity index (χ1) is 8.10. The summed E-state index contributed by atoms with van der Waals surface area (Å²) < 4.78 is 2.31. The summed E-state index contributed by atoms with van der Waals surface area (Å²) in [5.41, 5.74) is 0.792. The van der Waals surface area contributed by atoms with Crippen LogP contribution in [0.25, 0.3) is 0 Å². The Hall–Kier alpha value is -0.640. The van der Waals surface area contributed by atoms with Crippen LogP contribution in [0.2, 0.25) is 0 Å². The second-order valence-electron chi connectivity index (χ2n) is 4.52. The number of aryl methyl sites for hydroxylation is 1. The van der Waals surface area contributed by atoms with Crippen LogP contribution in [-0.4, -0.2) is 9.55 Å². The van der Waals surface area contributed by atoms with Crippen LogP contribution in [0, 0.1) is 12.8 Å². The molecule has 1 rings (SSSR count). The third-order valence-corrected chi connectivity index (χ3v) is 4.07. The van der Waals surface area contributed by atoms with Crippen LogP contribution in [0.1, 0.15) is 45.2 Å². The average Bonchev–Trinajstić information content (AvgIpc) is 2.34. The Bertz CT molecular complexity index is 414. The lowest BCUT2D eigenvalue weighted by atomic mass is 9.99. The molecule has 0 aliphatic rings. The fraction of sp³-hybridized carbons (Fsp3) is 0.692. The number of halogens is 1. The smallest absolute Gasteiger partial charge is 0.267 e. The van der Waals surface area contributed by atoms with Crippen LogP contribution in [-0.2, 0) is 6.54 Å². The zero-order valence-corrected chi connectivity index (χ0v) is 12.5. The molecule has 1 aromatic rings. The van der Waals surface area contributed by atoms with E-state index >= 15 is 0 Å². The summed E-state index contributed by atoms with van der Waals surface area (Å²) in [6.07, 6.45) is 6.40. The topological polar surface area (TPSA) is 34.9 Å². The largest absolute Gasteiger partial charge is 0.298 e. The predicted octanol–water partition coefficient (Wildman–Crippen LogP) is 3.53. The van der Waals surface area contributed by atoms with Crippen LogP contribution in [0.15, 0.2) is 15.6 Å². The molecule has 1 heterocycles. The fourth-order valence-electron chi connectivity index (χ4n) is 1.87. The maximum absolute atomic E-state index is 12.0. The molecule has 0 bridgehead atoms. The van der Waals surface area contributed by atoms with Gasteiger partial charge in [0.15, 0.2) is 0 Å². The molecule has 1 unspecified atom stereocenters. The molecule has 0 spiro atoms. The summed E-state index contributed by atoms with van der Waals surface area (Å²) in [4.78, 5) is 16.2. The van der Waals surface area contributed by atoms with Crippen LogP contribution < -0.4 is 5.56 Å². The van der Waals surface area contributed by atoms with Gasteiger partial charge in [0.25, 0.3) is 5.56 Å². The lowest BCUT2D eigenvalue weighted by Gasteiger charge is -2.16. The second-order valence-corrected chi connectivity index (χ2v) is 5.31. The zero-order valence-electron chi connectivity index (χ0n) is 10.9. The summed E-state index contributed by atoms with van der Waals surface area (Å²) in [5, 5.41) is 0. The summed E-state index contributed by atoms with van der Waals surface area (Å²) in [6.45, 7) is 7.00. The van der Waals surface area contributed by atoms with Gasteiger partial charge in [-0.05, 0) is 35.2 Å². The minimum absolute atomic E-state index is 0.0347. The molecule has 0 saturated carbocycles. The molecule has 0 fully saturated rings. The molecule has 0 saturated heterocycles. The monoisotopic (exact) mass is 300 g/mol. The maximum atomic E-state index is 12.0. The standard InChI is InChI=1S/C13H21BrN2O/c1-4-6-7-11(5-2)8-16-9-15-10(3)12(14)13(16)17/h9,11H,4-8H2,1-3H3. The Morgan fingerprint density at radius 2 is 2.18 bits per heavy atom. The molecule has 4 heteroatoms. The molecule has 96 valence electrons. The van der Waals surface area contributed by atoms with Gasteiger partial charge in [0, 0.05) is 6.54 Å². The van der Waals surface area contributed by atoms with Gasteiger partial charge in [0.2, 0.25) is 0 Å². The van der Waals surface area contributed by atoms with Gasteiger partial charge in [0.1, 0.15) is 4.47 Å². The van der Waals surface area contributed by atoms with Gasteiger partial charge in [-0.15, -0.1) is 0 Å². The molecule has 17 heavy (non-hydrogen) atoms. The van der Waals surface area contributed by atoms with Gasteiger partial charge >= 0.3 is 0 Å². The van der Waals surface area contributed by atoms with E-state index in [1.54, 1.807) is 10.9 Å². The normalized spacial score (nSPS) is 12.7. The Labute approximate surface area is 111 Å². The van der Waals surface area contributed by atoms with E-state index in [2.05, 4.69) is 34.8 Å². The Kier molecular flexibility index (Phi) is 5.89. The Morgan fingerprint density at radius 1 is 1.47 bits per heavy atom. The first-order valence-electron chi connectivity index (χ1n) is 6.31. The van der Waals surface area contributed by atoms with Gasteiger partial charge in [-0.25, -0.2) is 4.98 Å². The molecular formula is C13H21BrN2O. The lowest BCUT2D eigenvalue weighted by molar-refractivity contribution is 0.382. The molecule has 0 N–H and O–H groups in total. The van der Waals surface area contributed by atoms with Crippen LogP contribution in [0.4, 0.5) is 0 Å². The quantitative estimate of drug-likeness (QED) is 0.805. The summed E-state index contributed by atoms with van der Waals surface area (Å²) in [5.74, 6) is 0.573. The van der Waals surface area contributed by atoms with E-state index in [-0.39, 0.29) is 5.56 Å². The van der Waals surface area contributed by atoms with Crippen LogP contribution >= 0.6 is 15.9 Å². The molecular weight excluding hydrogens is 280 g/mol. The molecule has 0 aliphatic heterocycles. The molecule has 1 aromatic heterocycles. The van der Waals surface area contributed by atoms with E-state index in [1.807, 2.05) is 6.92 Å². The zero-order chi connectivity index (χ0) is 12.8. The van der Waals surface area contributed by atoms with Gasteiger partial charge in [-0.2, -0.15) is 0 Å². The molecule has 0 aromatic carbocycles. The fourth-order valence-corrected chi connectivity index (χ4v) is 2.20. The van der Waals surface area contributed by atoms with Crippen molar-refractivity contribution < 1.29 is 0 Å². The number of unbranched alkanes of at least 4 members (excludes halogenated alkanes) is 1. The van der Waals surface area contributed by atoms with E-state index in [0.29, 0.717) is 10.4 Å². The van der Waals surface area contributed by atoms with E-state index < -0.39 is 0 Å². The number of rotatable bonds is 6.